The van der Waals surface area contributed by atoms with Crippen LogP contribution in [-0.4, -0.2) is 17.0 Å². The molecule has 1 aromatic rings. The maximum absolute atomic E-state index is 4.85. The second-order valence-corrected chi connectivity index (χ2v) is 5.29. The third-order valence-electron chi connectivity index (χ3n) is 4.16. The van der Waals surface area contributed by atoms with Crippen LogP contribution >= 0.6 is 0 Å². The molecule has 3 heteroatoms. The fourth-order valence-corrected chi connectivity index (χ4v) is 3.19. The van der Waals surface area contributed by atoms with Gasteiger partial charge in [-0.3, -0.25) is 0 Å². The Morgan fingerprint density at radius 3 is 2.53 bits per heavy atom. The molecule has 2 aliphatic rings. The highest BCUT2D eigenvalue weighted by molar-refractivity contribution is 5.47. The quantitative estimate of drug-likeness (QED) is 0.850. The fraction of sp³-hybridized carbons (Fsp3) is 0.714. The van der Waals surface area contributed by atoms with E-state index in [4.69, 9.17) is 9.97 Å². The standard InChI is InChI=1S/C14H21N3/c1-15-14-11-8-4-5-9-12(11)16-13(17-14)10-6-2-3-7-10/h10H,2-9H2,1H3,(H,15,16,17). The van der Waals surface area contributed by atoms with E-state index in [1.807, 2.05) is 7.05 Å². The maximum atomic E-state index is 4.85. The van der Waals surface area contributed by atoms with Crippen molar-refractivity contribution in [3.8, 4) is 0 Å². The zero-order chi connectivity index (χ0) is 11.7. The van der Waals surface area contributed by atoms with Crippen LogP contribution in [0.15, 0.2) is 0 Å². The molecule has 1 aromatic heterocycles. The second-order valence-electron chi connectivity index (χ2n) is 5.29. The molecule has 0 atom stereocenters. The van der Waals surface area contributed by atoms with Crippen molar-refractivity contribution in [3.63, 3.8) is 0 Å². The summed E-state index contributed by atoms with van der Waals surface area (Å²) in [7, 11) is 1.98. The average Bonchev–Trinajstić information content (AvgIpc) is 2.91. The Labute approximate surface area is 103 Å². The zero-order valence-corrected chi connectivity index (χ0v) is 10.6. The van der Waals surface area contributed by atoms with Gasteiger partial charge in [-0.2, -0.15) is 0 Å². The Kier molecular flexibility index (Phi) is 3.00. The average molecular weight is 231 g/mol. The van der Waals surface area contributed by atoms with Crippen molar-refractivity contribution in [2.24, 2.45) is 0 Å². The largest absolute Gasteiger partial charge is 0.373 e. The molecule has 0 spiro atoms. The van der Waals surface area contributed by atoms with Crippen LogP contribution in [0.3, 0.4) is 0 Å². The highest BCUT2D eigenvalue weighted by Crippen LogP contribution is 2.34. The van der Waals surface area contributed by atoms with Crippen LogP contribution in [0.2, 0.25) is 0 Å². The third-order valence-corrected chi connectivity index (χ3v) is 4.16. The molecule has 0 bridgehead atoms. The van der Waals surface area contributed by atoms with Crippen molar-refractivity contribution in [2.45, 2.75) is 57.3 Å². The Bertz CT molecular complexity index is 391. The van der Waals surface area contributed by atoms with Gasteiger partial charge in [-0.05, 0) is 38.5 Å². The number of hydrogen-bond acceptors (Lipinski definition) is 3. The summed E-state index contributed by atoms with van der Waals surface area (Å²) in [6, 6.07) is 0. The fourth-order valence-electron chi connectivity index (χ4n) is 3.19. The van der Waals surface area contributed by atoms with E-state index in [2.05, 4.69) is 5.32 Å². The van der Waals surface area contributed by atoms with Gasteiger partial charge < -0.3 is 5.32 Å². The molecule has 0 radical (unpaired) electrons. The van der Waals surface area contributed by atoms with Crippen molar-refractivity contribution < 1.29 is 0 Å². The molecule has 0 aliphatic heterocycles. The normalized spacial score (nSPS) is 20.3. The van der Waals surface area contributed by atoms with Gasteiger partial charge in [0.25, 0.3) is 0 Å². The lowest BCUT2D eigenvalue weighted by Crippen LogP contribution is -2.14. The first-order chi connectivity index (χ1) is 8.38. The molecule has 1 fully saturated rings. The van der Waals surface area contributed by atoms with E-state index in [0.717, 1.165) is 24.5 Å². The number of nitrogens with zero attached hydrogens (tertiary/aromatic N) is 2. The first-order valence-corrected chi connectivity index (χ1v) is 6.96. The molecule has 3 nitrogen and oxygen atoms in total. The SMILES string of the molecule is CNc1nc(C2CCCC2)nc2c1CCCC2. The summed E-state index contributed by atoms with van der Waals surface area (Å²) in [6.07, 6.45) is 10.1. The number of rotatable bonds is 2. The highest BCUT2D eigenvalue weighted by atomic mass is 15.0. The molecule has 1 N–H and O–H groups in total. The molecule has 0 saturated heterocycles. The highest BCUT2D eigenvalue weighted by Gasteiger charge is 2.23. The van der Waals surface area contributed by atoms with E-state index >= 15 is 0 Å². The molecule has 3 rings (SSSR count). The zero-order valence-electron chi connectivity index (χ0n) is 10.6. The van der Waals surface area contributed by atoms with Gasteiger partial charge in [0.1, 0.15) is 11.6 Å². The summed E-state index contributed by atoms with van der Waals surface area (Å²) < 4.78 is 0. The van der Waals surface area contributed by atoms with Crippen molar-refractivity contribution in [1.82, 2.24) is 9.97 Å². The van der Waals surface area contributed by atoms with Gasteiger partial charge in [-0.15, -0.1) is 0 Å². The summed E-state index contributed by atoms with van der Waals surface area (Å²) in [5.41, 5.74) is 2.69. The lowest BCUT2D eigenvalue weighted by molar-refractivity contribution is 0.622. The van der Waals surface area contributed by atoms with E-state index < -0.39 is 0 Å². The van der Waals surface area contributed by atoms with Crippen LogP contribution in [0.4, 0.5) is 5.82 Å². The van der Waals surface area contributed by atoms with Gasteiger partial charge >= 0.3 is 0 Å². The minimum absolute atomic E-state index is 0.620. The molecule has 0 unspecified atom stereocenters. The third kappa shape index (κ3) is 2.03. The Morgan fingerprint density at radius 1 is 1.00 bits per heavy atom. The summed E-state index contributed by atoms with van der Waals surface area (Å²) in [5, 5.41) is 3.27. The monoisotopic (exact) mass is 231 g/mol. The molecule has 17 heavy (non-hydrogen) atoms. The smallest absolute Gasteiger partial charge is 0.134 e. The summed E-state index contributed by atoms with van der Waals surface area (Å²) in [6.45, 7) is 0. The minimum Gasteiger partial charge on any atom is -0.373 e. The first-order valence-electron chi connectivity index (χ1n) is 6.96. The van der Waals surface area contributed by atoms with Crippen LogP contribution in [0.5, 0.6) is 0 Å². The molecular formula is C14H21N3. The minimum atomic E-state index is 0.620. The molecular weight excluding hydrogens is 210 g/mol. The number of fused-ring (bicyclic) bond motifs is 1. The van der Waals surface area contributed by atoms with Crippen LogP contribution in [0, 0.1) is 0 Å². The molecule has 1 saturated carbocycles. The van der Waals surface area contributed by atoms with Crippen LogP contribution < -0.4 is 5.32 Å². The maximum Gasteiger partial charge on any atom is 0.134 e. The summed E-state index contributed by atoms with van der Waals surface area (Å²) >= 11 is 0. The van der Waals surface area contributed by atoms with E-state index in [9.17, 15) is 0 Å². The molecule has 2 aliphatic carbocycles. The van der Waals surface area contributed by atoms with Crippen molar-refractivity contribution in [3.05, 3.63) is 17.1 Å². The Balaban J connectivity index is 1.99. The van der Waals surface area contributed by atoms with E-state index in [1.54, 1.807) is 0 Å². The first kappa shape index (κ1) is 11.0. The van der Waals surface area contributed by atoms with Gasteiger partial charge in [-0.25, -0.2) is 9.97 Å². The molecule has 0 amide bonds. The van der Waals surface area contributed by atoms with Crippen molar-refractivity contribution >= 4 is 5.82 Å². The predicted octanol–water partition coefficient (Wildman–Crippen LogP) is 3.05. The van der Waals surface area contributed by atoms with Gasteiger partial charge in [0, 0.05) is 24.2 Å². The Hall–Kier alpha value is -1.12. The van der Waals surface area contributed by atoms with Crippen molar-refractivity contribution in [2.75, 3.05) is 12.4 Å². The van der Waals surface area contributed by atoms with Crippen LogP contribution in [0.25, 0.3) is 0 Å². The Morgan fingerprint density at radius 2 is 1.76 bits per heavy atom. The van der Waals surface area contributed by atoms with Gasteiger partial charge in [0.2, 0.25) is 0 Å². The number of nitrogens with one attached hydrogen (secondary N) is 1. The molecule has 1 heterocycles. The van der Waals surface area contributed by atoms with E-state index in [1.165, 1.54) is 49.8 Å². The lowest BCUT2D eigenvalue weighted by Gasteiger charge is -2.20. The van der Waals surface area contributed by atoms with Gasteiger partial charge in [0.15, 0.2) is 0 Å². The lowest BCUT2D eigenvalue weighted by atomic mass is 9.95. The second kappa shape index (κ2) is 4.63. The van der Waals surface area contributed by atoms with E-state index in [0.29, 0.717) is 5.92 Å². The number of hydrogen-bond donors (Lipinski definition) is 1. The van der Waals surface area contributed by atoms with E-state index in [-0.39, 0.29) is 0 Å². The topological polar surface area (TPSA) is 37.8 Å². The van der Waals surface area contributed by atoms with Gasteiger partial charge in [-0.1, -0.05) is 12.8 Å². The summed E-state index contributed by atoms with van der Waals surface area (Å²) in [5.74, 6) is 2.82. The van der Waals surface area contributed by atoms with Crippen LogP contribution in [0.1, 0.15) is 61.5 Å². The van der Waals surface area contributed by atoms with Crippen molar-refractivity contribution in [1.29, 1.82) is 0 Å². The van der Waals surface area contributed by atoms with Crippen LogP contribution in [-0.2, 0) is 12.8 Å². The number of aromatic nitrogens is 2. The molecule has 92 valence electrons. The number of anilines is 1. The summed E-state index contributed by atoms with van der Waals surface area (Å²) in [4.78, 5) is 9.62. The van der Waals surface area contributed by atoms with Gasteiger partial charge in [0.05, 0.1) is 0 Å². The molecule has 0 aromatic carbocycles. The number of aryl methyl sites for hydroxylation is 1. The predicted molar refractivity (Wildman–Crippen MR) is 69.4 cm³/mol.